The summed E-state index contributed by atoms with van der Waals surface area (Å²) in [6.45, 7) is 4.31. The Morgan fingerprint density at radius 1 is 1.59 bits per heavy atom. The van der Waals surface area contributed by atoms with Gasteiger partial charge in [-0.05, 0) is 13.3 Å². The smallest absolute Gasteiger partial charge is 0.246 e. The fourth-order valence-electron chi connectivity index (χ4n) is 2.03. The van der Waals surface area contributed by atoms with Crippen LogP contribution >= 0.6 is 12.6 Å². The van der Waals surface area contributed by atoms with E-state index in [1.165, 1.54) is 6.92 Å². The number of carbonyl (C=O) groups excluding carboxylic acids is 2. The minimum Gasteiger partial charge on any atom is -0.393 e. The van der Waals surface area contributed by atoms with Crippen LogP contribution in [0.25, 0.3) is 0 Å². The third-order valence-electron chi connectivity index (χ3n) is 3.08. The summed E-state index contributed by atoms with van der Waals surface area (Å²) in [5, 5.41) is 12.1. The van der Waals surface area contributed by atoms with Gasteiger partial charge in [0.2, 0.25) is 11.8 Å². The number of likely N-dealkylation sites (tertiary alicyclic amines) is 1. The van der Waals surface area contributed by atoms with Crippen molar-refractivity contribution in [1.82, 2.24) is 10.2 Å². The van der Waals surface area contributed by atoms with Gasteiger partial charge in [0.25, 0.3) is 0 Å². The van der Waals surface area contributed by atoms with Gasteiger partial charge in [-0.15, -0.1) is 0 Å². The molecule has 0 aliphatic carbocycles. The molecule has 3 unspecified atom stereocenters. The van der Waals surface area contributed by atoms with Gasteiger partial charge in [0, 0.05) is 31.7 Å². The number of nitrogens with one attached hydrogen (secondary N) is 1. The van der Waals surface area contributed by atoms with Gasteiger partial charge in [-0.1, -0.05) is 0 Å². The zero-order valence-corrected chi connectivity index (χ0v) is 11.1. The van der Waals surface area contributed by atoms with Crippen LogP contribution in [0.5, 0.6) is 0 Å². The van der Waals surface area contributed by atoms with Crippen molar-refractivity contribution in [1.29, 1.82) is 0 Å². The molecule has 0 radical (unpaired) electrons. The molecule has 2 N–H and O–H groups in total. The first-order valence-electron chi connectivity index (χ1n) is 5.80. The number of thiol groups is 1. The van der Waals surface area contributed by atoms with Crippen LogP contribution < -0.4 is 5.32 Å². The molecule has 1 heterocycles. The van der Waals surface area contributed by atoms with Gasteiger partial charge < -0.3 is 15.3 Å². The summed E-state index contributed by atoms with van der Waals surface area (Å²) in [6.07, 6.45) is 0.408. The molecule has 0 bridgehead atoms. The number of aliphatic hydroxyl groups is 1. The van der Waals surface area contributed by atoms with Gasteiger partial charge in [-0.2, -0.15) is 12.6 Å². The zero-order valence-electron chi connectivity index (χ0n) is 10.2. The van der Waals surface area contributed by atoms with Crippen molar-refractivity contribution in [2.24, 2.45) is 5.92 Å². The molecule has 98 valence electrons. The van der Waals surface area contributed by atoms with E-state index >= 15 is 0 Å². The molecule has 0 aromatic rings. The van der Waals surface area contributed by atoms with E-state index in [1.807, 2.05) is 0 Å². The van der Waals surface area contributed by atoms with Gasteiger partial charge >= 0.3 is 0 Å². The third-order valence-corrected chi connectivity index (χ3v) is 3.44. The van der Waals surface area contributed by atoms with Crippen LogP contribution in [0.2, 0.25) is 0 Å². The lowest BCUT2D eigenvalue weighted by atomic mass is 10.0. The average molecular weight is 260 g/mol. The highest BCUT2D eigenvalue weighted by atomic mass is 32.1. The molecule has 0 saturated carbocycles. The highest BCUT2D eigenvalue weighted by Gasteiger charge is 2.32. The number of hydrogen-bond donors (Lipinski definition) is 3. The van der Waals surface area contributed by atoms with Gasteiger partial charge in [-0.25, -0.2) is 0 Å². The van der Waals surface area contributed by atoms with Crippen molar-refractivity contribution in [3.05, 3.63) is 0 Å². The van der Waals surface area contributed by atoms with Crippen molar-refractivity contribution in [2.75, 3.05) is 18.8 Å². The molecule has 1 saturated heterocycles. The fraction of sp³-hybridized carbons (Fsp3) is 0.818. The van der Waals surface area contributed by atoms with Crippen LogP contribution in [-0.4, -0.2) is 52.8 Å². The van der Waals surface area contributed by atoms with E-state index in [1.54, 1.807) is 11.8 Å². The summed E-state index contributed by atoms with van der Waals surface area (Å²) in [5.41, 5.74) is 0. The van der Waals surface area contributed by atoms with Gasteiger partial charge in [-0.3, -0.25) is 9.59 Å². The fourth-order valence-corrected chi connectivity index (χ4v) is 2.28. The molecule has 5 nitrogen and oxygen atoms in total. The number of rotatable bonds is 4. The Morgan fingerprint density at radius 2 is 2.24 bits per heavy atom. The summed E-state index contributed by atoms with van der Waals surface area (Å²) >= 11 is 4.07. The first-order chi connectivity index (χ1) is 7.95. The Hall–Kier alpha value is -0.750. The summed E-state index contributed by atoms with van der Waals surface area (Å²) in [4.78, 5) is 24.7. The van der Waals surface area contributed by atoms with E-state index in [9.17, 15) is 14.7 Å². The Labute approximate surface area is 107 Å². The first kappa shape index (κ1) is 14.3. The van der Waals surface area contributed by atoms with Crippen molar-refractivity contribution in [3.63, 3.8) is 0 Å². The molecule has 1 aliphatic rings. The quantitative estimate of drug-likeness (QED) is 0.605. The summed E-state index contributed by atoms with van der Waals surface area (Å²) in [6, 6.07) is -0.566. The zero-order chi connectivity index (χ0) is 13.0. The van der Waals surface area contributed by atoms with Gasteiger partial charge in [0.05, 0.1) is 6.10 Å². The van der Waals surface area contributed by atoms with Crippen LogP contribution in [0.3, 0.4) is 0 Å². The molecule has 0 aromatic carbocycles. The van der Waals surface area contributed by atoms with E-state index in [0.717, 1.165) is 6.42 Å². The molecule has 0 spiro atoms. The van der Waals surface area contributed by atoms with Crippen molar-refractivity contribution in [3.8, 4) is 0 Å². The summed E-state index contributed by atoms with van der Waals surface area (Å²) < 4.78 is 0. The molecule has 17 heavy (non-hydrogen) atoms. The molecule has 0 aromatic heterocycles. The van der Waals surface area contributed by atoms with E-state index in [2.05, 4.69) is 17.9 Å². The van der Waals surface area contributed by atoms with Crippen LogP contribution in [0.1, 0.15) is 20.3 Å². The first-order valence-corrected chi connectivity index (χ1v) is 6.43. The van der Waals surface area contributed by atoms with Crippen molar-refractivity contribution < 1.29 is 14.7 Å². The standard InChI is InChI=1S/C11H20N2O3S/c1-7(14)9-3-4-13(5-9)11(16)10(6-17)12-8(2)15/h7,9-10,14,17H,3-6H2,1-2H3,(H,12,15). The summed E-state index contributed by atoms with van der Waals surface area (Å²) in [7, 11) is 0. The molecule has 3 atom stereocenters. The van der Waals surface area contributed by atoms with Gasteiger partial charge in [0.1, 0.15) is 6.04 Å². The number of nitrogens with zero attached hydrogens (tertiary/aromatic N) is 1. The highest BCUT2D eigenvalue weighted by molar-refractivity contribution is 7.80. The number of aliphatic hydroxyl groups excluding tert-OH is 1. The normalized spacial score (nSPS) is 23.3. The number of amides is 2. The van der Waals surface area contributed by atoms with E-state index in [-0.39, 0.29) is 23.5 Å². The van der Waals surface area contributed by atoms with E-state index in [4.69, 9.17) is 0 Å². The minimum absolute atomic E-state index is 0.113. The predicted molar refractivity (Wildman–Crippen MR) is 67.8 cm³/mol. The third kappa shape index (κ3) is 3.89. The molecule has 6 heteroatoms. The Balaban J connectivity index is 2.55. The van der Waals surface area contributed by atoms with Crippen molar-refractivity contribution >= 4 is 24.4 Å². The molecule has 2 amide bonds. The SMILES string of the molecule is CC(=O)NC(CS)C(=O)N1CCC(C(C)O)C1. The maximum absolute atomic E-state index is 12.1. The predicted octanol–water partition coefficient (Wildman–Crippen LogP) is -0.350. The van der Waals surface area contributed by atoms with Crippen molar-refractivity contribution in [2.45, 2.75) is 32.4 Å². The van der Waals surface area contributed by atoms with Crippen LogP contribution in [0.4, 0.5) is 0 Å². The molecule has 1 rings (SSSR count). The van der Waals surface area contributed by atoms with Crippen LogP contribution in [-0.2, 0) is 9.59 Å². The average Bonchev–Trinajstić information content (AvgIpc) is 2.73. The number of carbonyl (C=O) groups is 2. The highest BCUT2D eigenvalue weighted by Crippen LogP contribution is 2.20. The lowest BCUT2D eigenvalue weighted by molar-refractivity contribution is -0.134. The Kier molecular flexibility index (Phi) is 5.27. The van der Waals surface area contributed by atoms with Gasteiger partial charge in [0.15, 0.2) is 0 Å². The van der Waals surface area contributed by atoms with E-state index in [0.29, 0.717) is 13.1 Å². The maximum atomic E-state index is 12.1. The van der Waals surface area contributed by atoms with Crippen LogP contribution in [0.15, 0.2) is 0 Å². The second-order valence-corrected chi connectivity index (χ2v) is 4.87. The second-order valence-electron chi connectivity index (χ2n) is 4.51. The lowest BCUT2D eigenvalue weighted by Gasteiger charge is -2.23. The Morgan fingerprint density at radius 3 is 2.65 bits per heavy atom. The largest absolute Gasteiger partial charge is 0.393 e. The summed E-state index contributed by atoms with van der Waals surface area (Å²) in [5.74, 6) is 0.0766. The minimum atomic E-state index is -0.566. The molecular weight excluding hydrogens is 240 g/mol. The second kappa shape index (κ2) is 6.26. The van der Waals surface area contributed by atoms with E-state index < -0.39 is 12.1 Å². The topological polar surface area (TPSA) is 69.6 Å². The lowest BCUT2D eigenvalue weighted by Crippen LogP contribution is -2.48. The monoisotopic (exact) mass is 260 g/mol. The molecular formula is C11H20N2O3S. The Bertz CT molecular complexity index is 296. The molecule has 1 fully saturated rings. The maximum Gasteiger partial charge on any atom is 0.246 e. The molecule has 1 aliphatic heterocycles. The van der Waals surface area contributed by atoms with Crippen LogP contribution in [0, 0.1) is 5.92 Å². The number of hydrogen-bond acceptors (Lipinski definition) is 4.